The van der Waals surface area contributed by atoms with Crippen molar-refractivity contribution in [3.05, 3.63) is 29.8 Å². The van der Waals surface area contributed by atoms with Gasteiger partial charge in [0, 0.05) is 18.7 Å². The van der Waals surface area contributed by atoms with E-state index in [0.29, 0.717) is 18.9 Å². The maximum absolute atomic E-state index is 12.4. The van der Waals surface area contributed by atoms with Crippen LogP contribution in [0.25, 0.3) is 0 Å². The fourth-order valence-corrected chi connectivity index (χ4v) is 2.55. The number of rotatable bonds is 8. The Morgan fingerprint density at radius 3 is 2.60 bits per heavy atom. The summed E-state index contributed by atoms with van der Waals surface area (Å²) < 4.78 is 0. The maximum Gasteiger partial charge on any atom is 0.226 e. The van der Waals surface area contributed by atoms with E-state index in [4.69, 9.17) is 5.73 Å². The molecule has 0 fully saturated rings. The Balaban J connectivity index is 2.63. The highest BCUT2D eigenvalue weighted by atomic mass is 16.2. The van der Waals surface area contributed by atoms with Crippen LogP contribution in [0.2, 0.25) is 0 Å². The number of hydrogen-bond acceptors (Lipinski definition) is 2. The molecule has 0 spiro atoms. The second-order valence-electron chi connectivity index (χ2n) is 5.37. The van der Waals surface area contributed by atoms with Gasteiger partial charge in [0.2, 0.25) is 5.91 Å². The van der Waals surface area contributed by atoms with Gasteiger partial charge in [0.1, 0.15) is 0 Å². The van der Waals surface area contributed by atoms with Gasteiger partial charge in [-0.15, -0.1) is 0 Å². The van der Waals surface area contributed by atoms with Crippen molar-refractivity contribution < 1.29 is 4.79 Å². The summed E-state index contributed by atoms with van der Waals surface area (Å²) >= 11 is 0. The number of hydrogen-bond donors (Lipinski definition) is 1. The lowest BCUT2D eigenvalue weighted by molar-refractivity contribution is -0.118. The molecule has 0 aliphatic heterocycles. The highest BCUT2D eigenvalue weighted by molar-refractivity contribution is 5.93. The van der Waals surface area contributed by atoms with Crippen LogP contribution in [0, 0.1) is 12.8 Å². The van der Waals surface area contributed by atoms with Gasteiger partial charge in [-0.25, -0.2) is 0 Å². The average Bonchev–Trinajstić information content (AvgIpc) is 2.44. The third-order valence-electron chi connectivity index (χ3n) is 3.85. The van der Waals surface area contributed by atoms with E-state index in [9.17, 15) is 4.79 Å². The third-order valence-corrected chi connectivity index (χ3v) is 3.85. The molecule has 1 aromatic rings. The van der Waals surface area contributed by atoms with Crippen molar-refractivity contribution in [3.63, 3.8) is 0 Å². The van der Waals surface area contributed by atoms with Crippen LogP contribution in [0.5, 0.6) is 0 Å². The Labute approximate surface area is 123 Å². The van der Waals surface area contributed by atoms with Crippen LogP contribution >= 0.6 is 0 Å². The molecule has 0 heterocycles. The van der Waals surface area contributed by atoms with Crippen molar-refractivity contribution in [3.8, 4) is 0 Å². The average molecular weight is 276 g/mol. The van der Waals surface area contributed by atoms with Crippen LogP contribution in [-0.4, -0.2) is 19.0 Å². The number of nitrogens with two attached hydrogens (primary N) is 1. The Kier molecular flexibility index (Phi) is 7.31. The lowest BCUT2D eigenvalue weighted by Crippen LogP contribution is -2.30. The molecule has 1 atom stereocenters. The minimum atomic E-state index is 0.216. The predicted octanol–water partition coefficient (Wildman–Crippen LogP) is 3.50. The number of carbonyl (C=O) groups is 1. The van der Waals surface area contributed by atoms with E-state index in [1.165, 1.54) is 5.56 Å². The number of nitrogens with zero attached hydrogens (tertiary/aromatic N) is 1. The summed E-state index contributed by atoms with van der Waals surface area (Å²) in [6, 6.07) is 8.13. The zero-order valence-electron chi connectivity index (χ0n) is 13.1. The monoisotopic (exact) mass is 276 g/mol. The molecule has 3 heteroatoms. The van der Waals surface area contributed by atoms with Crippen LogP contribution in [0.1, 0.15) is 45.1 Å². The molecule has 0 saturated carbocycles. The van der Waals surface area contributed by atoms with Gasteiger partial charge in [-0.05, 0) is 56.8 Å². The molecule has 1 amide bonds. The van der Waals surface area contributed by atoms with Crippen LogP contribution in [0.4, 0.5) is 5.69 Å². The molecule has 1 aromatic carbocycles. The maximum atomic E-state index is 12.4. The summed E-state index contributed by atoms with van der Waals surface area (Å²) in [5, 5.41) is 0. The van der Waals surface area contributed by atoms with Crippen molar-refractivity contribution in [2.45, 2.75) is 46.5 Å². The summed E-state index contributed by atoms with van der Waals surface area (Å²) in [4.78, 5) is 14.3. The number of aryl methyl sites for hydroxylation is 1. The van der Waals surface area contributed by atoms with E-state index in [0.717, 1.165) is 31.5 Å². The van der Waals surface area contributed by atoms with Crippen LogP contribution < -0.4 is 10.6 Å². The molecule has 20 heavy (non-hydrogen) atoms. The zero-order chi connectivity index (χ0) is 15.0. The Bertz CT molecular complexity index is 417. The Morgan fingerprint density at radius 1 is 1.30 bits per heavy atom. The quantitative estimate of drug-likeness (QED) is 0.790. The number of carbonyl (C=O) groups excluding carboxylic acids is 1. The molecular weight excluding hydrogens is 248 g/mol. The van der Waals surface area contributed by atoms with Crippen molar-refractivity contribution in [1.29, 1.82) is 0 Å². The van der Waals surface area contributed by atoms with Gasteiger partial charge < -0.3 is 10.6 Å². The fourth-order valence-electron chi connectivity index (χ4n) is 2.55. The van der Waals surface area contributed by atoms with Gasteiger partial charge >= 0.3 is 0 Å². The van der Waals surface area contributed by atoms with E-state index < -0.39 is 0 Å². The Morgan fingerprint density at radius 2 is 2.05 bits per heavy atom. The molecule has 0 aliphatic rings. The largest absolute Gasteiger partial charge is 0.330 e. The van der Waals surface area contributed by atoms with Crippen LogP contribution in [0.15, 0.2) is 24.3 Å². The van der Waals surface area contributed by atoms with E-state index in [-0.39, 0.29) is 5.91 Å². The molecule has 0 saturated heterocycles. The van der Waals surface area contributed by atoms with Crippen LogP contribution in [0.3, 0.4) is 0 Å². The van der Waals surface area contributed by atoms with E-state index in [1.54, 1.807) is 0 Å². The first-order valence-electron chi connectivity index (χ1n) is 7.69. The summed E-state index contributed by atoms with van der Waals surface area (Å²) in [5.41, 5.74) is 7.80. The molecule has 0 radical (unpaired) electrons. The molecule has 1 rings (SSSR count). The van der Waals surface area contributed by atoms with Gasteiger partial charge in [-0.2, -0.15) is 0 Å². The first-order chi connectivity index (χ1) is 9.62. The van der Waals surface area contributed by atoms with Gasteiger partial charge in [0.05, 0.1) is 0 Å². The smallest absolute Gasteiger partial charge is 0.226 e. The molecule has 3 nitrogen and oxygen atoms in total. The van der Waals surface area contributed by atoms with Gasteiger partial charge in [-0.3, -0.25) is 4.79 Å². The number of amides is 1. The molecule has 0 bridgehead atoms. The van der Waals surface area contributed by atoms with Gasteiger partial charge in [0.25, 0.3) is 0 Å². The second kappa shape index (κ2) is 8.75. The van der Waals surface area contributed by atoms with E-state index in [2.05, 4.69) is 26.0 Å². The topological polar surface area (TPSA) is 46.3 Å². The zero-order valence-corrected chi connectivity index (χ0v) is 13.1. The lowest BCUT2D eigenvalue weighted by Gasteiger charge is -2.22. The van der Waals surface area contributed by atoms with E-state index >= 15 is 0 Å². The van der Waals surface area contributed by atoms with Gasteiger partial charge in [-0.1, -0.05) is 25.5 Å². The minimum Gasteiger partial charge on any atom is -0.330 e. The first-order valence-corrected chi connectivity index (χ1v) is 7.69. The molecular formula is C17H28N2O. The molecule has 0 aromatic heterocycles. The van der Waals surface area contributed by atoms with Gasteiger partial charge in [0.15, 0.2) is 0 Å². The summed E-state index contributed by atoms with van der Waals surface area (Å²) in [7, 11) is 0. The van der Waals surface area contributed by atoms with Crippen molar-refractivity contribution in [2.24, 2.45) is 11.7 Å². The van der Waals surface area contributed by atoms with E-state index in [1.807, 2.05) is 24.0 Å². The fraction of sp³-hybridized carbons (Fsp3) is 0.588. The Hall–Kier alpha value is -1.35. The minimum absolute atomic E-state index is 0.216. The summed E-state index contributed by atoms with van der Waals surface area (Å²) in [5.74, 6) is 0.786. The normalized spacial score (nSPS) is 12.2. The molecule has 1 unspecified atom stereocenters. The highest BCUT2D eigenvalue weighted by Crippen LogP contribution is 2.20. The highest BCUT2D eigenvalue weighted by Gasteiger charge is 2.15. The van der Waals surface area contributed by atoms with Crippen LogP contribution in [-0.2, 0) is 4.79 Å². The SMILES string of the molecule is CCC(CCN)CCC(=O)N(CC)c1cccc(C)c1. The molecule has 0 aliphatic carbocycles. The van der Waals surface area contributed by atoms with Crippen molar-refractivity contribution in [1.82, 2.24) is 0 Å². The second-order valence-corrected chi connectivity index (χ2v) is 5.37. The molecule has 112 valence electrons. The predicted molar refractivity (Wildman–Crippen MR) is 85.9 cm³/mol. The van der Waals surface area contributed by atoms with Crippen molar-refractivity contribution >= 4 is 11.6 Å². The lowest BCUT2D eigenvalue weighted by atomic mass is 9.96. The van der Waals surface area contributed by atoms with Crippen molar-refractivity contribution in [2.75, 3.05) is 18.0 Å². The molecule has 2 N–H and O–H groups in total. The third kappa shape index (κ3) is 4.97. The number of anilines is 1. The number of benzene rings is 1. The summed E-state index contributed by atoms with van der Waals surface area (Å²) in [6.45, 7) is 7.68. The standard InChI is InChI=1S/C17H28N2O/c1-4-15(11-12-18)9-10-17(20)19(5-2)16-8-6-7-14(3)13-16/h6-8,13,15H,4-5,9-12,18H2,1-3H3. The summed E-state index contributed by atoms with van der Waals surface area (Å²) in [6.07, 6.45) is 3.66. The first kappa shape index (κ1) is 16.7.